The van der Waals surface area contributed by atoms with Crippen LogP contribution in [0.15, 0.2) is 75.9 Å². The van der Waals surface area contributed by atoms with Gasteiger partial charge in [0.15, 0.2) is 20.1 Å². The van der Waals surface area contributed by atoms with Crippen LogP contribution in [-0.2, 0) is 29.9 Å². The lowest BCUT2D eigenvalue weighted by molar-refractivity contribution is 0.0706. The fourth-order valence-electron chi connectivity index (χ4n) is 5.04. The number of hydrogen-bond acceptors (Lipinski definition) is 19. The number of benzene rings is 1. The van der Waals surface area contributed by atoms with Crippen LogP contribution < -0.4 is 26.7 Å². The van der Waals surface area contributed by atoms with E-state index in [-0.39, 0.29) is 37.5 Å². The molecular formula is C28H36N10O11S5. The Balaban J connectivity index is 0.000000233. The Labute approximate surface area is 318 Å². The van der Waals surface area contributed by atoms with Crippen molar-refractivity contribution in [2.45, 2.75) is 14.7 Å². The van der Waals surface area contributed by atoms with Gasteiger partial charge in [-0.15, -0.1) is 0 Å². The minimum atomic E-state index is -3.74. The van der Waals surface area contributed by atoms with Gasteiger partial charge < -0.3 is 15.0 Å². The molecule has 21 nitrogen and oxygen atoms in total. The summed E-state index contributed by atoms with van der Waals surface area (Å²) in [4.78, 5) is 39.5. The number of amides is 2. The van der Waals surface area contributed by atoms with Crippen molar-refractivity contribution >= 4 is 74.6 Å². The molecule has 0 atom stereocenters. The second kappa shape index (κ2) is 18.4. The van der Waals surface area contributed by atoms with Crippen LogP contribution in [0.3, 0.4) is 0 Å². The van der Waals surface area contributed by atoms with Crippen LogP contribution >= 0.6 is 22.7 Å². The molecule has 0 unspecified atom stereocenters. The fourth-order valence-corrected chi connectivity index (χ4v) is 10.2. The van der Waals surface area contributed by atoms with Gasteiger partial charge in [0.2, 0.25) is 20.0 Å². The molecule has 2 aliphatic heterocycles. The molecule has 2 amide bonds. The maximum Gasteiger partial charge on any atom is 0.286 e. The van der Waals surface area contributed by atoms with E-state index in [1.54, 1.807) is 17.0 Å². The number of piperazine rings is 2. The minimum absolute atomic E-state index is 0.0319. The Morgan fingerprint density at radius 2 is 1.06 bits per heavy atom. The molecule has 0 saturated carbocycles. The van der Waals surface area contributed by atoms with E-state index in [0.717, 1.165) is 28.9 Å². The van der Waals surface area contributed by atoms with Crippen molar-refractivity contribution in [1.29, 1.82) is 0 Å². The van der Waals surface area contributed by atoms with E-state index >= 15 is 0 Å². The number of pyridine rings is 1. The Kier molecular flexibility index (Phi) is 14.5. The molecule has 2 saturated heterocycles. The quantitative estimate of drug-likeness (QED) is 0.0929. The van der Waals surface area contributed by atoms with Gasteiger partial charge in [0.25, 0.3) is 11.8 Å². The summed E-state index contributed by atoms with van der Waals surface area (Å²) >= 11 is 2.24. The number of aromatic nitrogens is 3. The summed E-state index contributed by atoms with van der Waals surface area (Å²) in [5.41, 5.74) is 3.11. The number of carbonyl (C=O) groups is 2. The van der Waals surface area contributed by atoms with E-state index in [2.05, 4.69) is 20.8 Å². The second-order valence-electron chi connectivity index (χ2n) is 11.1. The minimum Gasteiger partial charge on any atom is -0.345 e. The highest BCUT2D eigenvalue weighted by atomic mass is 32.2. The number of nitrogens with one attached hydrogen (secondary N) is 2. The molecule has 0 spiro atoms. The maximum absolute atomic E-state index is 12.8. The summed E-state index contributed by atoms with van der Waals surface area (Å²) in [6, 6.07) is 8.25. The number of thiazole rings is 2. The van der Waals surface area contributed by atoms with E-state index in [0.29, 0.717) is 49.5 Å². The fraction of sp³-hybridized carbons (Fsp3) is 0.321. The predicted molar refractivity (Wildman–Crippen MR) is 194 cm³/mol. The number of carbonyl (C=O) groups excluding carboxylic acids is 2. The average molecular weight is 849 g/mol. The lowest BCUT2D eigenvalue weighted by Crippen LogP contribution is -2.48. The summed E-state index contributed by atoms with van der Waals surface area (Å²) in [7, 11) is -10.7. The molecular weight excluding hydrogens is 813 g/mol. The first kappa shape index (κ1) is 42.5. The third-order valence-corrected chi connectivity index (χ3v) is 14.9. The summed E-state index contributed by atoms with van der Waals surface area (Å²) in [5, 5.41) is 25.0. The van der Waals surface area contributed by atoms with Crippen LogP contribution in [0.1, 0.15) is 19.3 Å². The number of sulfonamides is 2. The third kappa shape index (κ3) is 10.1. The molecule has 26 heteroatoms. The summed E-state index contributed by atoms with van der Waals surface area (Å²) in [6.07, 6.45) is 6.65. The van der Waals surface area contributed by atoms with E-state index in [9.17, 15) is 34.8 Å². The summed E-state index contributed by atoms with van der Waals surface area (Å²) < 4.78 is 76.4. The van der Waals surface area contributed by atoms with Crippen molar-refractivity contribution < 1.29 is 50.5 Å². The van der Waals surface area contributed by atoms with Crippen LogP contribution in [0.5, 0.6) is 0 Å². The zero-order valence-corrected chi connectivity index (χ0v) is 32.4. The largest absolute Gasteiger partial charge is 0.345 e. The van der Waals surface area contributed by atoms with E-state index < -0.39 is 41.7 Å². The number of anilines is 2. The van der Waals surface area contributed by atoms with Crippen LogP contribution in [0.4, 0.5) is 10.3 Å². The molecule has 54 heavy (non-hydrogen) atoms. The molecule has 294 valence electrons. The van der Waals surface area contributed by atoms with Gasteiger partial charge in [0.1, 0.15) is 14.6 Å². The summed E-state index contributed by atoms with van der Waals surface area (Å²) in [6.45, 7) is 2.77. The van der Waals surface area contributed by atoms with Gasteiger partial charge >= 0.3 is 0 Å². The third-order valence-electron chi connectivity index (χ3n) is 7.82. The van der Waals surface area contributed by atoms with Crippen LogP contribution in [0, 0.1) is 0 Å². The van der Waals surface area contributed by atoms with Gasteiger partial charge in [0, 0.05) is 71.0 Å². The number of sulfone groups is 1. The molecule has 0 aliphatic carbocycles. The number of rotatable bonds is 9. The highest BCUT2D eigenvalue weighted by Crippen LogP contribution is 2.27. The SMILES string of the molecule is CS(=O)(=O)c1ccc(S(=O)(=O)N2CCN(c3ncc(C(=O)NO)s3)CC2)cc1.NO.O=C(NO)c1cnc(N2CCN(S(=O)(=O)c3cccnc3)CC2)s1. The lowest BCUT2D eigenvalue weighted by Gasteiger charge is -2.33. The predicted octanol–water partition coefficient (Wildman–Crippen LogP) is -0.321. The molecule has 7 N–H and O–H groups in total. The topological polar surface area (TPSA) is 299 Å². The first-order valence-electron chi connectivity index (χ1n) is 15.4. The molecule has 1 aromatic carbocycles. The number of nitrogens with two attached hydrogens (primary N) is 1. The number of hydroxylamine groups is 2. The van der Waals surface area contributed by atoms with Crippen molar-refractivity contribution in [3.63, 3.8) is 0 Å². The van der Waals surface area contributed by atoms with Crippen molar-refractivity contribution in [1.82, 2.24) is 34.5 Å². The molecule has 5 heterocycles. The van der Waals surface area contributed by atoms with E-state index in [1.807, 2.05) is 9.80 Å². The van der Waals surface area contributed by atoms with Gasteiger partial charge in [-0.05, 0) is 36.4 Å². The van der Waals surface area contributed by atoms with Crippen LogP contribution in [0.2, 0.25) is 0 Å². The lowest BCUT2D eigenvalue weighted by atomic mass is 10.4. The molecule has 2 aliphatic rings. The Morgan fingerprint density at radius 3 is 1.43 bits per heavy atom. The van der Waals surface area contributed by atoms with Crippen molar-refractivity contribution in [2.24, 2.45) is 5.90 Å². The maximum atomic E-state index is 12.8. The highest BCUT2D eigenvalue weighted by Gasteiger charge is 2.31. The van der Waals surface area contributed by atoms with Crippen molar-refractivity contribution in [3.05, 3.63) is 70.9 Å². The number of nitrogens with zero attached hydrogens (tertiary/aromatic N) is 7. The van der Waals surface area contributed by atoms with Gasteiger partial charge in [-0.25, -0.2) is 52.1 Å². The van der Waals surface area contributed by atoms with Gasteiger partial charge in [-0.2, -0.15) is 8.61 Å². The zero-order chi connectivity index (χ0) is 39.7. The van der Waals surface area contributed by atoms with Crippen molar-refractivity contribution in [2.75, 3.05) is 68.4 Å². The first-order chi connectivity index (χ1) is 25.6. The van der Waals surface area contributed by atoms with Crippen molar-refractivity contribution in [3.8, 4) is 0 Å². The molecule has 4 aromatic rings. The van der Waals surface area contributed by atoms with Gasteiger partial charge in [-0.1, -0.05) is 22.7 Å². The van der Waals surface area contributed by atoms with E-state index in [1.165, 1.54) is 63.7 Å². The monoisotopic (exact) mass is 848 g/mol. The molecule has 0 radical (unpaired) electrons. The Bertz CT molecular complexity index is 2200. The molecule has 2 fully saturated rings. The second-order valence-corrected chi connectivity index (χ2v) is 19.0. The Morgan fingerprint density at radius 1 is 0.648 bits per heavy atom. The Hall–Kier alpha value is -4.22. The van der Waals surface area contributed by atoms with Gasteiger partial charge in [0.05, 0.1) is 22.2 Å². The normalized spacial score (nSPS) is 15.6. The molecule has 6 rings (SSSR count). The van der Waals surface area contributed by atoms with Crippen LogP contribution in [0.25, 0.3) is 0 Å². The zero-order valence-electron chi connectivity index (χ0n) is 28.3. The summed E-state index contributed by atoms with van der Waals surface area (Å²) in [5.74, 6) is 2.24. The van der Waals surface area contributed by atoms with Gasteiger partial charge in [-0.3, -0.25) is 25.0 Å². The van der Waals surface area contributed by atoms with Crippen LogP contribution in [-0.4, -0.2) is 135 Å². The first-order valence-corrected chi connectivity index (χ1v) is 21.8. The highest BCUT2D eigenvalue weighted by molar-refractivity contribution is 7.91. The average Bonchev–Trinajstić information content (AvgIpc) is 3.90. The number of hydrogen-bond donors (Lipinski definition) is 6. The van der Waals surface area contributed by atoms with E-state index in [4.69, 9.17) is 15.6 Å². The molecule has 3 aromatic heterocycles. The smallest absolute Gasteiger partial charge is 0.286 e. The standard InChI is InChI=1S/C15H18N4O6S3.C13H15N5O4S2.H3NO/c1-27(22,23)11-2-4-12(5-3-11)28(24,25)19-8-6-18(7-9-19)15-16-10-13(26-15)14(20)17-21;19-12(16-20)11-9-15-13(23-11)17-4-6-18(7-5-17)24(21,22)10-2-1-3-14-8-10;1-2/h2-5,10,21H,6-9H2,1H3,(H,17,20);1-3,8-9,20H,4-7H2,(H,16,19);2H,1H2. The molecule has 0 bridgehead atoms.